The van der Waals surface area contributed by atoms with Crippen molar-refractivity contribution in [2.45, 2.75) is 0 Å². The van der Waals surface area contributed by atoms with Crippen LogP contribution in [0.5, 0.6) is 0 Å². The van der Waals surface area contributed by atoms with Gasteiger partial charge < -0.3 is 4.90 Å². The van der Waals surface area contributed by atoms with E-state index in [1.54, 1.807) is 0 Å². The molecule has 12 heavy (non-hydrogen) atoms. The number of hydrogen-bond acceptors (Lipinski definition) is 2. The van der Waals surface area contributed by atoms with Crippen molar-refractivity contribution in [2.24, 2.45) is 0 Å². The van der Waals surface area contributed by atoms with Crippen molar-refractivity contribution in [3.63, 3.8) is 0 Å². The fourth-order valence-corrected chi connectivity index (χ4v) is 1.29. The number of nitrogens with one attached hydrogen (secondary N) is 1. The van der Waals surface area contributed by atoms with Crippen LogP contribution in [0.3, 0.4) is 0 Å². The van der Waals surface area contributed by atoms with Crippen LogP contribution in [0.4, 0.5) is 5.82 Å². The molecule has 1 N–H and O–H groups in total. The summed E-state index contributed by atoms with van der Waals surface area (Å²) in [6, 6.07) is 8.11. The smallest absolute Gasteiger partial charge is 0.157 e. The molecule has 0 amide bonds. The first-order valence-electron chi connectivity index (χ1n) is 3.89. The highest BCUT2D eigenvalue weighted by atomic mass is 15.2. The second kappa shape index (κ2) is 2.52. The summed E-state index contributed by atoms with van der Waals surface area (Å²) in [5.74, 6) is 0.991. The van der Waals surface area contributed by atoms with Crippen LogP contribution in [0.15, 0.2) is 24.3 Å². The van der Waals surface area contributed by atoms with E-state index < -0.39 is 0 Å². The Bertz CT molecular complexity index is 389. The Hall–Kier alpha value is -1.51. The zero-order valence-corrected chi connectivity index (χ0v) is 7.20. The number of nitrogens with zero attached hydrogens (tertiary/aromatic N) is 2. The number of fused-ring (bicyclic) bond motifs is 1. The zero-order chi connectivity index (χ0) is 8.55. The SMILES string of the molecule is CN(C)c1n[nH]c2ccccc12. The largest absolute Gasteiger partial charge is 0.361 e. The molecule has 0 fully saturated rings. The predicted octanol–water partition coefficient (Wildman–Crippen LogP) is 1.63. The molecule has 2 aromatic rings. The van der Waals surface area contributed by atoms with Crippen molar-refractivity contribution >= 4 is 16.7 Å². The van der Waals surface area contributed by atoms with Crippen LogP contribution in [-0.2, 0) is 0 Å². The summed E-state index contributed by atoms with van der Waals surface area (Å²) in [4.78, 5) is 2.00. The molecule has 0 bridgehead atoms. The van der Waals surface area contributed by atoms with E-state index in [0.29, 0.717) is 0 Å². The van der Waals surface area contributed by atoms with Crippen LogP contribution >= 0.6 is 0 Å². The highest BCUT2D eigenvalue weighted by molar-refractivity contribution is 5.89. The molecule has 1 heterocycles. The number of aromatic nitrogens is 2. The summed E-state index contributed by atoms with van der Waals surface area (Å²) < 4.78 is 0. The molecule has 0 aliphatic heterocycles. The molecule has 0 radical (unpaired) electrons. The summed E-state index contributed by atoms with van der Waals surface area (Å²) in [5.41, 5.74) is 1.08. The summed E-state index contributed by atoms with van der Waals surface area (Å²) in [6.45, 7) is 0. The molecule has 0 saturated carbocycles. The van der Waals surface area contributed by atoms with Crippen molar-refractivity contribution in [3.8, 4) is 0 Å². The summed E-state index contributed by atoms with van der Waals surface area (Å²) in [6.07, 6.45) is 0. The number of para-hydroxylation sites is 1. The lowest BCUT2D eigenvalue weighted by Crippen LogP contribution is -2.09. The van der Waals surface area contributed by atoms with Crippen molar-refractivity contribution < 1.29 is 0 Å². The third kappa shape index (κ3) is 0.942. The maximum atomic E-state index is 4.20. The molecule has 3 heteroatoms. The molecule has 1 aromatic heterocycles. The maximum absolute atomic E-state index is 4.20. The Balaban J connectivity index is 2.70. The van der Waals surface area contributed by atoms with Gasteiger partial charge in [-0.2, -0.15) is 5.10 Å². The van der Waals surface area contributed by atoms with Gasteiger partial charge in [0.1, 0.15) is 0 Å². The Morgan fingerprint density at radius 1 is 1.25 bits per heavy atom. The van der Waals surface area contributed by atoms with Crippen molar-refractivity contribution in [2.75, 3.05) is 19.0 Å². The van der Waals surface area contributed by atoms with Crippen LogP contribution < -0.4 is 4.90 Å². The maximum Gasteiger partial charge on any atom is 0.157 e. The van der Waals surface area contributed by atoms with Gasteiger partial charge in [0.15, 0.2) is 5.82 Å². The molecular weight excluding hydrogens is 150 g/mol. The van der Waals surface area contributed by atoms with Crippen molar-refractivity contribution in [1.29, 1.82) is 0 Å². The Kier molecular flexibility index (Phi) is 1.50. The molecule has 0 saturated heterocycles. The Labute approximate surface area is 71.0 Å². The minimum absolute atomic E-state index is 0.991. The first-order chi connectivity index (χ1) is 5.79. The van der Waals surface area contributed by atoms with Crippen molar-refractivity contribution in [1.82, 2.24) is 10.2 Å². The number of benzene rings is 1. The van der Waals surface area contributed by atoms with Gasteiger partial charge >= 0.3 is 0 Å². The summed E-state index contributed by atoms with van der Waals surface area (Å²) in [5, 5.41) is 8.34. The highest BCUT2D eigenvalue weighted by Gasteiger charge is 2.04. The van der Waals surface area contributed by atoms with Crippen LogP contribution in [0.1, 0.15) is 0 Å². The van der Waals surface area contributed by atoms with Gasteiger partial charge in [0.2, 0.25) is 0 Å². The van der Waals surface area contributed by atoms with Gasteiger partial charge in [-0.15, -0.1) is 0 Å². The molecule has 1 aromatic carbocycles. The van der Waals surface area contributed by atoms with E-state index in [2.05, 4.69) is 16.3 Å². The topological polar surface area (TPSA) is 31.9 Å². The van der Waals surface area contributed by atoms with Gasteiger partial charge in [0.25, 0.3) is 0 Å². The minimum Gasteiger partial charge on any atom is -0.361 e. The molecule has 0 unspecified atom stereocenters. The average molecular weight is 161 g/mol. The summed E-state index contributed by atoms with van der Waals surface area (Å²) >= 11 is 0. The van der Waals surface area contributed by atoms with E-state index in [0.717, 1.165) is 11.3 Å². The molecule has 0 atom stereocenters. The van der Waals surface area contributed by atoms with Gasteiger partial charge in [0.05, 0.1) is 5.52 Å². The van der Waals surface area contributed by atoms with Crippen molar-refractivity contribution in [3.05, 3.63) is 24.3 Å². The van der Waals surface area contributed by atoms with E-state index in [1.807, 2.05) is 37.2 Å². The Morgan fingerprint density at radius 2 is 2.00 bits per heavy atom. The lowest BCUT2D eigenvalue weighted by atomic mass is 10.2. The number of aromatic amines is 1. The van der Waals surface area contributed by atoms with E-state index in [1.165, 1.54) is 5.39 Å². The molecular formula is C9H11N3. The Morgan fingerprint density at radius 3 is 2.75 bits per heavy atom. The first kappa shape index (κ1) is 7.16. The fourth-order valence-electron chi connectivity index (χ4n) is 1.29. The number of H-pyrrole nitrogens is 1. The lowest BCUT2D eigenvalue weighted by Gasteiger charge is -2.07. The molecule has 0 aliphatic carbocycles. The molecule has 2 rings (SSSR count). The third-order valence-corrected chi connectivity index (χ3v) is 1.87. The number of rotatable bonds is 1. The van der Waals surface area contributed by atoms with Gasteiger partial charge in [-0.25, -0.2) is 0 Å². The first-order valence-corrected chi connectivity index (χ1v) is 3.89. The zero-order valence-electron chi connectivity index (χ0n) is 7.20. The van der Waals surface area contributed by atoms with E-state index in [4.69, 9.17) is 0 Å². The number of anilines is 1. The standard InChI is InChI=1S/C9H11N3/c1-12(2)9-7-5-3-4-6-8(7)10-11-9/h3-6H,1-2H3,(H,10,11). The second-order valence-corrected chi connectivity index (χ2v) is 2.99. The highest BCUT2D eigenvalue weighted by Crippen LogP contribution is 2.20. The van der Waals surface area contributed by atoms with E-state index >= 15 is 0 Å². The minimum atomic E-state index is 0.991. The van der Waals surface area contributed by atoms with Crippen LogP contribution in [0.2, 0.25) is 0 Å². The molecule has 0 aliphatic rings. The third-order valence-electron chi connectivity index (χ3n) is 1.87. The van der Waals surface area contributed by atoms with E-state index in [-0.39, 0.29) is 0 Å². The number of hydrogen-bond donors (Lipinski definition) is 1. The van der Waals surface area contributed by atoms with Crippen LogP contribution in [-0.4, -0.2) is 24.3 Å². The average Bonchev–Trinajstić information content (AvgIpc) is 2.47. The van der Waals surface area contributed by atoms with Crippen LogP contribution in [0, 0.1) is 0 Å². The van der Waals surface area contributed by atoms with Gasteiger partial charge in [-0.05, 0) is 12.1 Å². The van der Waals surface area contributed by atoms with Gasteiger partial charge in [-0.3, -0.25) is 5.10 Å². The van der Waals surface area contributed by atoms with Gasteiger partial charge in [-0.1, -0.05) is 12.1 Å². The van der Waals surface area contributed by atoms with E-state index in [9.17, 15) is 0 Å². The predicted molar refractivity (Wildman–Crippen MR) is 50.4 cm³/mol. The summed E-state index contributed by atoms with van der Waals surface area (Å²) in [7, 11) is 3.98. The molecule has 3 nitrogen and oxygen atoms in total. The fraction of sp³-hybridized carbons (Fsp3) is 0.222. The molecule has 62 valence electrons. The lowest BCUT2D eigenvalue weighted by molar-refractivity contribution is 1.02. The normalized spacial score (nSPS) is 10.5. The van der Waals surface area contributed by atoms with Crippen LogP contribution in [0.25, 0.3) is 10.9 Å². The quantitative estimate of drug-likeness (QED) is 0.689. The molecule has 0 spiro atoms. The monoisotopic (exact) mass is 161 g/mol. The van der Waals surface area contributed by atoms with Gasteiger partial charge in [0, 0.05) is 19.5 Å². The second-order valence-electron chi connectivity index (χ2n) is 2.99.